The second-order valence-electron chi connectivity index (χ2n) is 4.00. The maximum absolute atomic E-state index is 11.9. The molecule has 0 unspecified atom stereocenters. The Morgan fingerprint density at radius 3 is 2.94 bits per heavy atom. The summed E-state index contributed by atoms with van der Waals surface area (Å²) < 4.78 is 1.56. The van der Waals surface area contributed by atoms with Crippen molar-refractivity contribution >= 4 is 11.9 Å². The lowest BCUT2D eigenvalue weighted by atomic mass is 10.2. The van der Waals surface area contributed by atoms with E-state index in [1.165, 1.54) is 4.90 Å². The third-order valence-electron chi connectivity index (χ3n) is 2.88. The largest absolute Gasteiger partial charge is 0.480 e. The molecule has 0 radical (unpaired) electrons. The van der Waals surface area contributed by atoms with Gasteiger partial charge in [0.1, 0.15) is 6.04 Å². The van der Waals surface area contributed by atoms with Gasteiger partial charge in [0.25, 0.3) is 0 Å². The van der Waals surface area contributed by atoms with Gasteiger partial charge in [-0.05, 0) is 12.8 Å². The Kier molecular flexibility index (Phi) is 3.36. The molecule has 7 heteroatoms. The number of carbonyl (C=O) groups is 2. The fourth-order valence-electron chi connectivity index (χ4n) is 2.03. The van der Waals surface area contributed by atoms with Crippen molar-refractivity contribution in [2.45, 2.75) is 31.8 Å². The first-order valence-corrected chi connectivity index (χ1v) is 5.55. The molecule has 0 aromatic carbocycles. The predicted octanol–water partition coefficient (Wildman–Crippen LogP) is -0.256. The number of aliphatic carboxylic acids is 1. The van der Waals surface area contributed by atoms with E-state index in [1.807, 2.05) is 0 Å². The van der Waals surface area contributed by atoms with Crippen molar-refractivity contribution in [2.75, 3.05) is 6.54 Å². The predicted molar refractivity (Wildman–Crippen MR) is 57.0 cm³/mol. The first-order valence-electron chi connectivity index (χ1n) is 5.55. The van der Waals surface area contributed by atoms with Crippen LogP contribution in [-0.4, -0.2) is 49.5 Å². The summed E-state index contributed by atoms with van der Waals surface area (Å²) in [6.07, 6.45) is 4.77. The lowest BCUT2D eigenvalue weighted by molar-refractivity contribution is -0.148. The number of amides is 1. The van der Waals surface area contributed by atoms with E-state index >= 15 is 0 Å². The summed E-state index contributed by atoms with van der Waals surface area (Å²) >= 11 is 0. The van der Waals surface area contributed by atoms with Crippen LogP contribution >= 0.6 is 0 Å². The average Bonchev–Trinajstić information content (AvgIpc) is 2.96. The summed E-state index contributed by atoms with van der Waals surface area (Å²) in [7, 11) is 0. The number of nitrogens with zero attached hydrogens (tertiary/aromatic N) is 4. The normalized spacial score (nSPS) is 19.5. The van der Waals surface area contributed by atoms with Gasteiger partial charge in [0.2, 0.25) is 5.91 Å². The van der Waals surface area contributed by atoms with Gasteiger partial charge in [0.05, 0.1) is 12.7 Å². The van der Waals surface area contributed by atoms with E-state index in [0.29, 0.717) is 19.5 Å². The van der Waals surface area contributed by atoms with Crippen LogP contribution in [0.1, 0.15) is 19.3 Å². The molecule has 17 heavy (non-hydrogen) atoms. The van der Waals surface area contributed by atoms with E-state index in [2.05, 4.69) is 10.3 Å². The van der Waals surface area contributed by atoms with Gasteiger partial charge in [-0.25, -0.2) is 4.79 Å². The first-order chi connectivity index (χ1) is 8.18. The summed E-state index contributed by atoms with van der Waals surface area (Å²) in [6.45, 7) is 0.967. The van der Waals surface area contributed by atoms with Gasteiger partial charge in [-0.15, -0.1) is 5.10 Å². The number of carboxylic acid groups (broad SMARTS) is 1. The van der Waals surface area contributed by atoms with Crippen molar-refractivity contribution in [1.82, 2.24) is 19.9 Å². The number of carboxylic acids is 1. The summed E-state index contributed by atoms with van der Waals surface area (Å²) in [5.74, 6) is -1.05. The summed E-state index contributed by atoms with van der Waals surface area (Å²) in [4.78, 5) is 24.2. The summed E-state index contributed by atoms with van der Waals surface area (Å²) in [5, 5.41) is 16.3. The van der Waals surface area contributed by atoms with E-state index < -0.39 is 12.0 Å². The highest BCUT2D eigenvalue weighted by Gasteiger charge is 2.33. The van der Waals surface area contributed by atoms with Crippen molar-refractivity contribution < 1.29 is 14.7 Å². The van der Waals surface area contributed by atoms with Crippen molar-refractivity contribution in [1.29, 1.82) is 0 Å². The molecule has 0 saturated carbocycles. The molecule has 1 saturated heterocycles. The maximum Gasteiger partial charge on any atom is 0.326 e. The van der Waals surface area contributed by atoms with Crippen LogP contribution in [0.15, 0.2) is 12.4 Å². The van der Waals surface area contributed by atoms with E-state index in [-0.39, 0.29) is 12.3 Å². The third-order valence-corrected chi connectivity index (χ3v) is 2.88. The van der Waals surface area contributed by atoms with Gasteiger partial charge in [0, 0.05) is 19.2 Å². The monoisotopic (exact) mass is 238 g/mol. The van der Waals surface area contributed by atoms with Gasteiger partial charge in [-0.1, -0.05) is 5.21 Å². The average molecular weight is 238 g/mol. The zero-order chi connectivity index (χ0) is 12.3. The molecule has 0 bridgehead atoms. The molecular formula is C10H14N4O3. The second kappa shape index (κ2) is 4.94. The standard InChI is InChI=1S/C10H14N4O3/c15-9(3-6-13-7-4-11-12-13)14-5-1-2-8(14)10(16)17/h4,7-8H,1-3,5-6H2,(H,16,17)/t8-/m1/s1. The number of carbonyl (C=O) groups excluding carboxylic acids is 1. The van der Waals surface area contributed by atoms with Gasteiger partial charge in [0.15, 0.2) is 0 Å². The number of hydrogen-bond donors (Lipinski definition) is 1. The number of rotatable bonds is 4. The van der Waals surface area contributed by atoms with E-state index in [9.17, 15) is 9.59 Å². The van der Waals surface area contributed by atoms with Crippen LogP contribution in [0.4, 0.5) is 0 Å². The molecule has 1 aliphatic rings. The van der Waals surface area contributed by atoms with Gasteiger partial charge in [-0.2, -0.15) is 0 Å². The minimum Gasteiger partial charge on any atom is -0.480 e. The zero-order valence-corrected chi connectivity index (χ0v) is 9.32. The Balaban J connectivity index is 1.89. The molecule has 2 rings (SSSR count). The van der Waals surface area contributed by atoms with Gasteiger partial charge < -0.3 is 10.0 Å². The Morgan fingerprint density at radius 2 is 2.29 bits per heavy atom. The Bertz CT molecular complexity index is 404. The Morgan fingerprint density at radius 1 is 1.47 bits per heavy atom. The molecule has 7 nitrogen and oxygen atoms in total. The van der Waals surface area contributed by atoms with Crippen molar-refractivity contribution in [3.8, 4) is 0 Å². The second-order valence-corrected chi connectivity index (χ2v) is 4.00. The van der Waals surface area contributed by atoms with Crippen LogP contribution < -0.4 is 0 Å². The highest BCUT2D eigenvalue weighted by molar-refractivity contribution is 5.84. The van der Waals surface area contributed by atoms with Crippen molar-refractivity contribution in [3.63, 3.8) is 0 Å². The molecule has 2 heterocycles. The van der Waals surface area contributed by atoms with Crippen LogP contribution in [0.3, 0.4) is 0 Å². The Labute approximate surface area is 98.0 Å². The Hall–Kier alpha value is -1.92. The lowest BCUT2D eigenvalue weighted by Crippen LogP contribution is -2.40. The first kappa shape index (κ1) is 11.6. The molecule has 1 N–H and O–H groups in total. The van der Waals surface area contributed by atoms with Crippen LogP contribution in [0.5, 0.6) is 0 Å². The SMILES string of the molecule is O=C(O)[C@H]1CCCN1C(=O)CCn1ccnn1. The van der Waals surface area contributed by atoms with Crippen LogP contribution in [0.2, 0.25) is 0 Å². The topological polar surface area (TPSA) is 88.3 Å². The molecule has 1 aromatic rings. The van der Waals surface area contributed by atoms with Crippen molar-refractivity contribution in [3.05, 3.63) is 12.4 Å². The third kappa shape index (κ3) is 2.61. The smallest absolute Gasteiger partial charge is 0.326 e. The quantitative estimate of drug-likeness (QED) is 0.781. The summed E-state index contributed by atoms with van der Waals surface area (Å²) in [6, 6.07) is -0.654. The number of likely N-dealkylation sites (tertiary alicyclic amines) is 1. The van der Waals surface area contributed by atoms with Crippen molar-refractivity contribution in [2.24, 2.45) is 0 Å². The highest BCUT2D eigenvalue weighted by Crippen LogP contribution is 2.18. The molecular weight excluding hydrogens is 224 g/mol. The van der Waals surface area contributed by atoms with E-state index in [1.54, 1.807) is 17.1 Å². The van der Waals surface area contributed by atoms with E-state index in [4.69, 9.17) is 5.11 Å². The van der Waals surface area contributed by atoms with Crippen LogP contribution in [-0.2, 0) is 16.1 Å². The minimum atomic E-state index is -0.920. The molecule has 1 aliphatic heterocycles. The van der Waals surface area contributed by atoms with Crippen LogP contribution in [0, 0.1) is 0 Å². The van der Waals surface area contributed by atoms with E-state index in [0.717, 1.165) is 6.42 Å². The molecule has 0 aliphatic carbocycles. The van der Waals surface area contributed by atoms with Gasteiger partial charge in [-0.3, -0.25) is 9.48 Å². The fraction of sp³-hybridized carbons (Fsp3) is 0.600. The highest BCUT2D eigenvalue weighted by atomic mass is 16.4. The van der Waals surface area contributed by atoms with Crippen LogP contribution in [0.25, 0.3) is 0 Å². The minimum absolute atomic E-state index is 0.134. The lowest BCUT2D eigenvalue weighted by Gasteiger charge is -2.21. The molecule has 0 spiro atoms. The summed E-state index contributed by atoms with van der Waals surface area (Å²) in [5.41, 5.74) is 0. The zero-order valence-electron chi connectivity index (χ0n) is 9.32. The molecule has 1 atom stereocenters. The fourth-order valence-corrected chi connectivity index (χ4v) is 2.03. The molecule has 1 aromatic heterocycles. The van der Waals surface area contributed by atoms with Gasteiger partial charge >= 0.3 is 5.97 Å². The number of aromatic nitrogens is 3. The maximum atomic E-state index is 11.9. The molecule has 1 fully saturated rings. The molecule has 92 valence electrons. The number of aryl methyl sites for hydroxylation is 1. The molecule has 1 amide bonds. The number of hydrogen-bond acceptors (Lipinski definition) is 4.